The van der Waals surface area contributed by atoms with Gasteiger partial charge in [0.15, 0.2) is 5.83 Å². The van der Waals surface area contributed by atoms with E-state index in [9.17, 15) is 9.18 Å². The van der Waals surface area contributed by atoms with Gasteiger partial charge in [-0.3, -0.25) is 4.79 Å². The molecule has 1 rings (SSSR count). The van der Waals surface area contributed by atoms with Gasteiger partial charge in [0.1, 0.15) is 0 Å². The van der Waals surface area contributed by atoms with Crippen LogP contribution >= 0.6 is 0 Å². The van der Waals surface area contributed by atoms with Crippen LogP contribution in [0.4, 0.5) is 4.39 Å². The molecule has 0 heterocycles. The second-order valence-electron chi connectivity index (χ2n) is 6.72. The number of hydrogen-bond acceptors (Lipinski definition) is 1. The summed E-state index contributed by atoms with van der Waals surface area (Å²) in [5, 5.41) is 8.97. The lowest BCUT2D eigenvalue weighted by molar-refractivity contribution is -0.139. The smallest absolute Gasteiger partial charge is 0.307 e. The second-order valence-corrected chi connectivity index (χ2v) is 12.2. The van der Waals surface area contributed by atoms with E-state index in [1.807, 2.05) is 13.8 Å². The number of hydrogen-bond donors (Lipinski definition) is 1. The minimum absolute atomic E-state index is 0.240. The third-order valence-corrected chi connectivity index (χ3v) is 4.57. The van der Waals surface area contributed by atoms with Crippen molar-refractivity contribution in [3.05, 3.63) is 11.9 Å². The first-order valence-corrected chi connectivity index (χ1v) is 9.85. The van der Waals surface area contributed by atoms with Crippen LogP contribution in [0.1, 0.15) is 13.8 Å². The molecule has 2 nitrogen and oxygen atoms in total. The fraction of sp³-hybridized carbons (Fsp3) is 0.643. The Morgan fingerprint density at radius 2 is 2.00 bits per heavy atom. The van der Waals surface area contributed by atoms with Gasteiger partial charge in [0.2, 0.25) is 0 Å². The zero-order chi connectivity index (χ0) is 14.1. The van der Waals surface area contributed by atoms with Crippen LogP contribution in [-0.4, -0.2) is 19.1 Å². The second kappa shape index (κ2) is 4.89. The van der Waals surface area contributed by atoms with Gasteiger partial charge in [0, 0.05) is 12.0 Å². The van der Waals surface area contributed by atoms with Crippen LogP contribution in [0.25, 0.3) is 0 Å². The molecule has 1 N–H and O–H groups in total. The highest BCUT2D eigenvalue weighted by Crippen LogP contribution is 2.59. The lowest BCUT2D eigenvalue weighted by Gasteiger charge is -2.09. The van der Waals surface area contributed by atoms with E-state index >= 15 is 0 Å². The summed E-state index contributed by atoms with van der Waals surface area (Å²) in [6.45, 7) is 10.2. The molecule has 18 heavy (non-hydrogen) atoms. The van der Waals surface area contributed by atoms with Gasteiger partial charge in [-0.2, -0.15) is 4.39 Å². The lowest BCUT2D eigenvalue weighted by atomic mass is 10.1. The molecule has 1 saturated carbocycles. The minimum atomic E-state index is -1.27. The van der Waals surface area contributed by atoms with E-state index in [2.05, 4.69) is 31.5 Å². The molecule has 0 radical (unpaired) electrons. The van der Waals surface area contributed by atoms with Crippen LogP contribution in [0, 0.1) is 29.1 Å². The van der Waals surface area contributed by atoms with Gasteiger partial charge in [-0.15, -0.1) is 0 Å². The Hall–Kier alpha value is -1.08. The van der Waals surface area contributed by atoms with Crippen molar-refractivity contribution in [1.29, 1.82) is 0 Å². The van der Waals surface area contributed by atoms with Crippen molar-refractivity contribution in [1.82, 2.24) is 0 Å². The summed E-state index contributed by atoms with van der Waals surface area (Å²) in [4.78, 5) is 10.9. The standard InChI is InChI=1S/C14H21FO2Si/c1-14(2)11(12(14)13(16)17)9-10(15)7-6-8-18(3,4)5/h9,11-12H,8H2,1-5H3,(H,16,17). The van der Waals surface area contributed by atoms with Crippen molar-refractivity contribution in [3.63, 3.8) is 0 Å². The maximum atomic E-state index is 13.6. The summed E-state index contributed by atoms with van der Waals surface area (Å²) in [6.07, 6.45) is 1.37. The number of rotatable bonds is 3. The third kappa shape index (κ3) is 3.71. The van der Waals surface area contributed by atoms with Crippen LogP contribution in [-0.2, 0) is 4.79 Å². The molecular formula is C14H21FO2Si. The highest BCUT2D eigenvalue weighted by atomic mass is 28.3. The predicted molar refractivity (Wildman–Crippen MR) is 73.5 cm³/mol. The molecule has 1 aliphatic rings. The van der Waals surface area contributed by atoms with Crippen LogP contribution in [0.5, 0.6) is 0 Å². The van der Waals surface area contributed by atoms with Crippen molar-refractivity contribution in [3.8, 4) is 11.8 Å². The first-order chi connectivity index (χ1) is 8.05. The third-order valence-electron chi connectivity index (χ3n) is 3.33. The van der Waals surface area contributed by atoms with Gasteiger partial charge < -0.3 is 5.11 Å². The van der Waals surface area contributed by atoms with E-state index in [4.69, 9.17) is 5.11 Å². The van der Waals surface area contributed by atoms with Crippen LogP contribution < -0.4 is 0 Å². The molecule has 0 amide bonds. The topological polar surface area (TPSA) is 37.3 Å². The highest BCUT2D eigenvalue weighted by Gasteiger charge is 2.61. The number of carboxylic acids is 1. The molecule has 1 fully saturated rings. The monoisotopic (exact) mass is 268 g/mol. The van der Waals surface area contributed by atoms with Crippen molar-refractivity contribution in [2.45, 2.75) is 39.5 Å². The summed E-state index contributed by atoms with van der Waals surface area (Å²) >= 11 is 0. The number of carbonyl (C=O) groups is 1. The Bertz CT molecular complexity index is 435. The van der Waals surface area contributed by atoms with E-state index in [1.165, 1.54) is 6.08 Å². The quantitative estimate of drug-likeness (QED) is 0.628. The van der Waals surface area contributed by atoms with E-state index in [1.54, 1.807) is 0 Å². The summed E-state index contributed by atoms with van der Waals surface area (Å²) in [6, 6.07) is 0.755. The number of carboxylic acid groups (broad SMARTS) is 1. The molecular weight excluding hydrogens is 247 g/mol. The Balaban J connectivity index is 2.66. The first-order valence-electron chi connectivity index (χ1n) is 6.15. The van der Waals surface area contributed by atoms with Crippen molar-refractivity contribution >= 4 is 14.0 Å². The Morgan fingerprint density at radius 3 is 2.39 bits per heavy atom. The number of halogens is 1. The van der Waals surface area contributed by atoms with E-state index < -0.39 is 25.8 Å². The number of aliphatic carboxylic acids is 1. The largest absolute Gasteiger partial charge is 0.481 e. The van der Waals surface area contributed by atoms with E-state index in [0.717, 1.165) is 6.04 Å². The molecule has 2 unspecified atom stereocenters. The molecule has 0 bridgehead atoms. The first kappa shape index (κ1) is 15.0. The molecule has 0 aromatic carbocycles. The average molecular weight is 268 g/mol. The SMILES string of the molecule is CC1(C)C(C=C(F)C#CC[Si](C)(C)C)C1C(=O)O. The van der Waals surface area contributed by atoms with E-state index in [-0.39, 0.29) is 11.3 Å². The Morgan fingerprint density at radius 1 is 1.44 bits per heavy atom. The maximum Gasteiger partial charge on any atom is 0.307 e. The molecule has 0 aliphatic heterocycles. The Kier molecular flexibility index (Phi) is 4.07. The number of allylic oxidation sites excluding steroid dienone is 2. The van der Waals surface area contributed by atoms with Crippen LogP contribution in [0.2, 0.25) is 25.7 Å². The molecule has 0 spiro atoms. The fourth-order valence-electron chi connectivity index (χ4n) is 2.05. The maximum absolute atomic E-state index is 13.6. The molecule has 0 saturated heterocycles. The van der Waals surface area contributed by atoms with Gasteiger partial charge in [-0.25, -0.2) is 0 Å². The molecule has 1 aliphatic carbocycles. The Labute approximate surface area is 109 Å². The molecule has 2 atom stereocenters. The predicted octanol–water partition coefficient (Wildman–Crippen LogP) is 3.54. The zero-order valence-corrected chi connectivity index (χ0v) is 12.7. The van der Waals surface area contributed by atoms with Crippen LogP contribution in [0.15, 0.2) is 11.9 Å². The van der Waals surface area contributed by atoms with Crippen LogP contribution in [0.3, 0.4) is 0 Å². The fourth-order valence-corrected chi connectivity index (χ4v) is 2.67. The van der Waals surface area contributed by atoms with Gasteiger partial charge in [-0.1, -0.05) is 39.4 Å². The van der Waals surface area contributed by atoms with Crippen molar-refractivity contribution in [2.24, 2.45) is 17.3 Å². The van der Waals surface area contributed by atoms with Gasteiger partial charge in [-0.05, 0) is 17.4 Å². The highest BCUT2D eigenvalue weighted by molar-refractivity contribution is 6.76. The average Bonchev–Trinajstić information content (AvgIpc) is 2.65. The van der Waals surface area contributed by atoms with Gasteiger partial charge >= 0.3 is 5.97 Å². The normalized spacial score (nSPS) is 26.2. The molecule has 100 valence electrons. The van der Waals surface area contributed by atoms with Crippen molar-refractivity contribution in [2.75, 3.05) is 0 Å². The van der Waals surface area contributed by atoms with Gasteiger partial charge in [0.05, 0.1) is 14.0 Å². The van der Waals surface area contributed by atoms with Gasteiger partial charge in [0.25, 0.3) is 0 Å². The zero-order valence-electron chi connectivity index (χ0n) is 11.7. The van der Waals surface area contributed by atoms with E-state index in [0.29, 0.717) is 0 Å². The summed E-state index contributed by atoms with van der Waals surface area (Å²) in [5.74, 6) is 3.27. The molecule has 0 aromatic rings. The molecule has 4 heteroatoms. The summed E-state index contributed by atoms with van der Waals surface area (Å²) in [7, 11) is -1.27. The summed E-state index contributed by atoms with van der Waals surface area (Å²) in [5.41, 5.74) is -0.358. The lowest BCUT2D eigenvalue weighted by Crippen LogP contribution is -2.17. The minimum Gasteiger partial charge on any atom is -0.481 e. The molecule has 0 aromatic heterocycles. The van der Waals surface area contributed by atoms with Crippen molar-refractivity contribution < 1.29 is 14.3 Å². The summed E-state index contributed by atoms with van der Waals surface area (Å²) < 4.78 is 13.6.